The lowest BCUT2D eigenvalue weighted by atomic mass is 10.3. The molecule has 0 aliphatic rings. The van der Waals surface area contributed by atoms with Gasteiger partial charge in [0.05, 0.1) is 0 Å². The summed E-state index contributed by atoms with van der Waals surface area (Å²) in [4.78, 5) is 11.0. The molecule has 21 heavy (non-hydrogen) atoms. The summed E-state index contributed by atoms with van der Waals surface area (Å²) in [6, 6.07) is 2.95. The van der Waals surface area contributed by atoms with Gasteiger partial charge in [0, 0.05) is 0 Å². The van der Waals surface area contributed by atoms with Crippen LogP contribution in [-0.4, -0.2) is 33.0 Å². The van der Waals surface area contributed by atoms with Gasteiger partial charge in [0.15, 0.2) is 0 Å². The summed E-state index contributed by atoms with van der Waals surface area (Å²) in [7, 11) is -4.36. The number of nitrogens with zero attached hydrogens (tertiary/aromatic N) is 5. The van der Waals surface area contributed by atoms with E-state index in [2.05, 4.69) is 20.1 Å². The Morgan fingerprint density at radius 3 is 2.57 bits per heavy atom. The Morgan fingerprint density at radius 2 is 1.90 bits per heavy atom. The van der Waals surface area contributed by atoms with Crippen LogP contribution >= 0.6 is 0 Å². The first kappa shape index (κ1) is 13.3. The van der Waals surface area contributed by atoms with Gasteiger partial charge in [0.25, 0.3) is 21.0 Å². The van der Waals surface area contributed by atoms with E-state index in [1.165, 1.54) is 6.33 Å². The molecule has 11 heteroatoms. The lowest BCUT2D eigenvalue weighted by Crippen LogP contribution is -2.16. The Kier molecular flexibility index (Phi) is 2.97. The van der Waals surface area contributed by atoms with E-state index < -0.39 is 32.5 Å². The molecule has 0 unspecified atom stereocenters. The van der Waals surface area contributed by atoms with Crippen LogP contribution in [0.5, 0.6) is 0 Å². The van der Waals surface area contributed by atoms with Crippen molar-refractivity contribution >= 4 is 21.5 Å². The van der Waals surface area contributed by atoms with Gasteiger partial charge < -0.3 is 0 Å². The molecule has 1 N–H and O–H groups in total. The quantitative estimate of drug-likeness (QED) is 0.759. The first-order valence-electron chi connectivity index (χ1n) is 5.46. The molecular formula is C10H6F2N6O2S. The molecular weight excluding hydrogens is 306 g/mol. The highest BCUT2D eigenvalue weighted by Gasteiger charge is 2.24. The fraction of sp³-hybridized carbons (Fsp3) is 0. The van der Waals surface area contributed by atoms with Crippen LogP contribution in [0.2, 0.25) is 0 Å². The molecule has 0 fully saturated rings. The van der Waals surface area contributed by atoms with Gasteiger partial charge in [-0.3, -0.25) is 4.72 Å². The highest BCUT2D eigenvalue weighted by atomic mass is 32.2. The van der Waals surface area contributed by atoms with Gasteiger partial charge in [0.2, 0.25) is 0 Å². The van der Waals surface area contributed by atoms with Gasteiger partial charge in [-0.25, -0.2) is 13.8 Å². The highest BCUT2D eigenvalue weighted by Crippen LogP contribution is 2.21. The summed E-state index contributed by atoms with van der Waals surface area (Å²) in [5, 5.41) is 2.95. The number of sulfonamides is 1. The zero-order valence-electron chi connectivity index (χ0n) is 10.1. The third-order valence-electron chi connectivity index (χ3n) is 2.45. The van der Waals surface area contributed by atoms with Crippen molar-refractivity contribution in [2.45, 2.75) is 5.16 Å². The zero-order chi connectivity index (χ0) is 15.0. The second kappa shape index (κ2) is 4.70. The monoisotopic (exact) mass is 312 g/mol. The van der Waals surface area contributed by atoms with E-state index in [1.807, 2.05) is 0 Å². The number of halogens is 2. The Bertz CT molecular complexity index is 873. The van der Waals surface area contributed by atoms with Crippen LogP contribution in [0.4, 0.5) is 14.5 Å². The molecule has 0 bridgehead atoms. The van der Waals surface area contributed by atoms with Gasteiger partial charge in [0.1, 0.15) is 30.0 Å². The fourth-order valence-corrected chi connectivity index (χ4v) is 2.48. The third kappa shape index (κ3) is 2.38. The maximum absolute atomic E-state index is 13.5. The predicted octanol–water partition coefficient (Wildman–Crippen LogP) is 0.598. The number of benzene rings is 1. The first-order valence-corrected chi connectivity index (χ1v) is 6.95. The number of rotatable bonds is 3. The number of fused-ring (bicyclic) bond motifs is 1. The van der Waals surface area contributed by atoms with E-state index in [9.17, 15) is 17.2 Å². The minimum absolute atomic E-state index is 0.0145. The summed E-state index contributed by atoms with van der Waals surface area (Å²) in [5.74, 6) is -2.12. The number of nitrogens with one attached hydrogen (secondary N) is 1. The Hall–Kier alpha value is -2.69. The number of para-hydroxylation sites is 1. The third-order valence-corrected chi connectivity index (χ3v) is 3.58. The van der Waals surface area contributed by atoms with Crippen LogP contribution in [0, 0.1) is 11.6 Å². The molecule has 0 saturated heterocycles. The van der Waals surface area contributed by atoms with Crippen LogP contribution in [0.25, 0.3) is 5.78 Å². The van der Waals surface area contributed by atoms with Gasteiger partial charge in [-0.1, -0.05) is 6.07 Å². The molecule has 0 atom stereocenters. The van der Waals surface area contributed by atoms with Crippen LogP contribution < -0.4 is 4.72 Å². The maximum Gasteiger partial charge on any atom is 0.299 e. The smallest absolute Gasteiger partial charge is 0.271 e. The minimum atomic E-state index is -4.36. The maximum atomic E-state index is 13.5. The first-order chi connectivity index (χ1) is 9.97. The van der Waals surface area contributed by atoms with Crippen molar-refractivity contribution in [2.75, 3.05) is 4.72 Å². The molecule has 3 rings (SSSR count). The predicted molar refractivity (Wildman–Crippen MR) is 65.7 cm³/mol. The highest BCUT2D eigenvalue weighted by molar-refractivity contribution is 7.92. The van der Waals surface area contributed by atoms with Crippen molar-refractivity contribution in [2.24, 2.45) is 0 Å². The standard InChI is InChI=1S/C10H6F2N6O2S/c11-6-2-1-3-7(12)8(6)17-21(19,20)10-15-9-14-4-13-5-18(9)16-10/h1-5,17H. The van der Waals surface area contributed by atoms with Crippen molar-refractivity contribution in [1.82, 2.24) is 24.6 Å². The average molecular weight is 312 g/mol. The van der Waals surface area contributed by atoms with E-state index in [1.54, 1.807) is 4.72 Å². The summed E-state index contributed by atoms with van der Waals surface area (Å²) in [6.07, 6.45) is 2.35. The van der Waals surface area contributed by atoms with E-state index in [-0.39, 0.29) is 5.78 Å². The Labute approximate surface area is 116 Å². The normalized spacial score (nSPS) is 11.7. The lowest BCUT2D eigenvalue weighted by molar-refractivity contribution is 0.579. The molecule has 0 amide bonds. The van der Waals surface area contributed by atoms with E-state index >= 15 is 0 Å². The largest absolute Gasteiger partial charge is 0.299 e. The van der Waals surface area contributed by atoms with Gasteiger partial charge in [-0.2, -0.15) is 22.9 Å². The molecule has 8 nitrogen and oxygen atoms in total. The number of anilines is 1. The fourth-order valence-electron chi connectivity index (χ4n) is 1.53. The molecule has 2 aromatic heterocycles. The van der Waals surface area contributed by atoms with Crippen molar-refractivity contribution in [3.63, 3.8) is 0 Å². The molecule has 0 saturated carbocycles. The molecule has 0 aliphatic heterocycles. The molecule has 3 aromatic rings. The van der Waals surface area contributed by atoms with Crippen molar-refractivity contribution < 1.29 is 17.2 Å². The Morgan fingerprint density at radius 1 is 1.19 bits per heavy atom. The second-order valence-electron chi connectivity index (χ2n) is 3.85. The molecule has 0 radical (unpaired) electrons. The number of hydrogen-bond donors (Lipinski definition) is 1. The van der Waals surface area contributed by atoms with E-state index in [0.29, 0.717) is 0 Å². The van der Waals surface area contributed by atoms with Crippen molar-refractivity contribution in [1.29, 1.82) is 0 Å². The Balaban J connectivity index is 2.04. The molecule has 0 spiro atoms. The van der Waals surface area contributed by atoms with Gasteiger partial charge in [-0.15, -0.1) is 5.10 Å². The molecule has 108 valence electrons. The van der Waals surface area contributed by atoms with Gasteiger partial charge >= 0.3 is 0 Å². The molecule has 1 aromatic carbocycles. The topological polar surface area (TPSA) is 102 Å². The number of aromatic nitrogens is 5. The van der Waals surface area contributed by atoms with E-state index in [4.69, 9.17) is 0 Å². The van der Waals surface area contributed by atoms with E-state index in [0.717, 1.165) is 29.0 Å². The molecule has 2 heterocycles. The zero-order valence-corrected chi connectivity index (χ0v) is 10.9. The minimum Gasteiger partial charge on any atom is -0.271 e. The van der Waals surface area contributed by atoms with Gasteiger partial charge in [-0.05, 0) is 12.1 Å². The average Bonchev–Trinajstić information content (AvgIpc) is 2.88. The summed E-state index contributed by atoms with van der Waals surface area (Å²) < 4.78 is 53.8. The van der Waals surface area contributed by atoms with Crippen LogP contribution in [-0.2, 0) is 10.0 Å². The number of hydrogen-bond acceptors (Lipinski definition) is 6. The van der Waals surface area contributed by atoms with Crippen molar-refractivity contribution in [3.05, 3.63) is 42.5 Å². The van der Waals surface area contributed by atoms with Crippen molar-refractivity contribution in [3.8, 4) is 0 Å². The summed E-state index contributed by atoms with van der Waals surface area (Å²) in [6.45, 7) is 0. The van der Waals surface area contributed by atoms with Crippen LogP contribution in [0.1, 0.15) is 0 Å². The second-order valence-corrected chi connectivity index (χ2v) is 5.43. The van der Waals surface area contributed by atoms with Crippen LogP contribution in [0.15, 0.2) is 36.0 Å². The lowest BCUT2D eigenvalue weighted by Gasteiger charge is -2.06. The SMILES string of the molecule is O=S(=O)(Nc1c(F)cccc1F)c1nc2ncncn2n1. The summed E-state index contributed by atoms with van der Waals surface area (Å²) >= 11 is 0. The molecule has 0 aliphatic carbocycles. The summed E-state index contributed by atoms with van der Waals surface area (Å²) in [5.41, 5.74) is -0.803. The van der Waals surface area contributed by atoms with Crippen LogP contribution in [0.3, 0.4) is 0 Å².